The van der Waals surface area contributed by atoms with E-state index in [1.807, 2.05) is 18.2 Å². The van der Waals surface area contributed by atoms with Gasteiger partial charge in [0.05, 0.1) is 0 Å². The minimum Gasteiger partial charge on any atom is -0.444 e. The molecule has 1 aliphatic heterocycles. The zero-order chi connectivity index (χ0) is 14.9. The van der Waals surface area contributed by atoms with Crippen molar-refractivity contribution in [2.45, 2.75) is 26.3 Å². The molecular formula is C17H23ClN2O. The van der Waals surface area contributed by atoms with E-state index in [-0.39, 0.29) is 0 Å². The molecule has 3 rings (SSSR count). The molecule has 1 aromatic carbocycles. The van der Waals surface area contributed by atoms with Crippen LogP contribution in [0.25, 0.3) is 11.0 Å². The van der Waals surface area contributed by atoms with Crippen molar-refractivity contribution in [1.29, 1.82) is 0 Å². The molecule has 21 heavy (non-hydrogen) atoms. The minimum atomic E-state index is 0.387. The van der Waals surface area contributed by atoms with Gasteiger partial charge < -0.3 is 14.6 Å². The number of benzene rings is 1. The maximum Gasteiger partial charge on any atom is 0.199 e. The molecule has 1 N–H and O–H groups in total. The number of furan rings is 1. The van der Waals surface area contributed by atoms with E-state index in [0.29, 0.717) is 10.6 Å². The van der Waals surface area contributed by atoms with Crippen LogP contribution in [-0.2, 0) is 6.54 Å². The first-order valence-electron chi connectivity index (χ1n) is 7.63. The molecule has 2 aromatic rings. The van der Waals surface area contributed by atoms with E-state index in [0.717, 1.165) is 29.6 Å². The Morgan fingerprint density at radius 3 is 2.76 bits per heavy atom. The summed E-state index contributed by atoms with van der Waals surface area (Å²) in [6.07, 6.45) is 2.49. The van der Waals surface area contributed by atoms with Crippen LogP contribution in [0, 0.1) is 5.41 Å². The quantitative estimate of drug-likeness (QED) is 0.928. The predicted octanol–water partition coefficient (Wildman–Crippen LogP) is 3.91. The highest BCUT2D eigenvalue weighted by Crippen LogP contribution is 2.31. The second-order valence-electron chi connectivity index (χ2n) is 6.57. The van der Waals surface area contributed by atoms with Crippen LogP contribution in [0.2, 0.25) is 5.22 Å². The van der Waals surface area contributed by atoms with Crippen LogP contribution in [0.15, 0.2) is 28.7 Å². The van der Waals surface area contributed by atoms with Crippen LogP contribution in [0.5, 0.6) is 0 Å². The zero-order valence-electron chi connectivity index (χ0n) is 12.8. The number of fused-ring (bicyclic) bond motifs is 1. The van der Waals surface area contributed by atoms with E-state index in [9.17, 15) is 0 Å². The van der Waals surface area contributed by atoms with Crippen molar-refractivity contribution in [2.24, 2.45) is 5.41 Å². The van der Waals surface area contributed by atoms with Crippen molar-refractivity contribution in [1.82, 2.24) is 10.2 Å². The molecule has 0 atom stereocenters. The number of nitrogens with one attached hydrogen (secondary N) is 1. The first-order chi connectivity index (χ1) is 10.1. The Labute approximate surface area is 131 Å². The number of para-hydroxylation sites is 1. The molecule has 0 amide bonds. The van der Waals surface area contributed by atoms with Crippen molar-refractivity contribution in [3.05, 3.63) is 35.0 Å². The minimum absolute atomic E-state index is 0.387. The number of hydrogen-bond acceptors (Lipinski definition) is 3. The summed E-state index contributed by atoms with van der Waals surface area (Å²) in [5, 5.41) is 5.21. The SMILES string of the molecule is CN1CCC(C)(CNCc2c(Cl)oc3ccccc23)CC1. The van der Waals surface area contributed by atoms with Gasteiger partial charge in [-0.05, 0) is 56.1 Å². The molecular weight excluding hydrogens is 284 g/mol. The molecule has 0 unspecified atom stereocenters. The average Bonchev–Trinajstić information content (AvgIpc) is 2.79. The third kappa shape index (κ3) is 3.25. The summed E-state index contributed by atoms with van der Waals surface area (Å²) in [5.74, 6) is 0. The highest BCUT2D eigenvalue weighted by molar-refractivity contribution is 6.30. The fourth-order valence-electron chi connectivity index (χ4n) is 3.06. The Kier molecular flexibility index (Phi) is 4.25. The Balaban J connectivity index is 1.63. The van der Waals surface area contributed by atoms with Gasteiger partial charge in [0.1, 0.15) is 5.58 Å². The van der Waals surface area contributed by atoms with Gasteiger partial charge in [0.25, 0.3) is 0 Å². The van der Waals surface area contributed by atoms with Crippen LogP contribution < -0.4 is 5.32 Å². The van der Waals surface area contributed by atoms with E-state index >= 15 is 0 Å². The predicted molar refractivity (Wildman–Crippen MR) is 87.8 cm³/mol. The van der Waals surface area contributed by atoms with Crippen LogP contribution in [0.3, 0.4) is 0 Å². The lowest BCUT2D eigenvalue weighted by molar-refractivity contribution is 0.137. The van der Waals surface area contributed by atoms with E-state index in [1.165, 1.54) is 25.9 Å². The van der Waals surface area contributed by atoms with Gasteiger partial charge in [0, 0.05) is 24.0 Å². The normalized spacial score (nSPS) is 19.2. The fourth-order valence-corrected chi connectivity index (χ4v) is 3.31. The summed E-state index contributed by atoms with van der Waals surface area (Å²) >= 11 is 6.23. The van der Waals surface area contributed by atoms with Crippen molar-refractivity contribution >= 4 is 22.6 Å². The third-order valence-corrected chi connectivity index (χ3v) is 5.00. The van der Waals surface area contributed by atoms with Gasteiger partial charge in [-0.15, -0.1) is 0 Å². The molecule has 1 aliphatic rings. The monoisotopic (exact) mass is 306 g/mol. The number of nitrogens with zero attached hydrogens (tertiary/aromatic N) is 1. The summed E-state index contributed by atoms with van der Waals surface area (Å²) in [5.41, 5.74) is 2.33. The molecule has 0 radical (unpaired) electrons. The van der Waals surface area contributed by atoms with Gasteiger partial charge in [-0.1, -0.05) is 25.1 Å². The lowest BCUT2D eigenvalue weighted by Crippen LogP contribution is -2.41. The molecule has 1 saturated heterocycles. The maximum absolute atomic E-state index is 6.23. The number of halogens is 1. The van der Waals surface area contributed by atoms with Gasteiger partial charge in [0.15, 0.2) is 5.22 Å². The summed E-state index contributed by atoms with van der Waals surface area (Å²) in [4.78, 5) is 2.40. The molecule has 0 bridgehead atoms. The Morgan fingerprint density at radius 1 is 1.29 bits per heavy atom. The van der Waals surface area contributed by atoms with E-state index in [1.54, 1.807) is 0 Å². The topological polar surface area (TPSA) is 28.4 Å². The first-order valence-corrected chi connectivity index (χ1v) is 8.00. The molecule has 3 nitrogen and oxygen atoms in total. The van der Waals surface area contributed by atoms with E-state index in [2.05, 4.69) is 30.3 Å². The Morgan fingerprint density at radius 2 is 2.00 bits per heavy atom. The van der Waals surface area contributed by atoms with Crippen LogP contribution in [0.4, 0.5) is 0 Å². The van der Waals surface area contributed by atoms with Gasteiger partial charge in [-0.25, -0.2) is 0 Å². The molecule has 4 heteroatoms. The Bertz CT molecular complexity index is 614. The number of likely N-dealkylation sites (tertiary alicyclic amines) is 1. The van der Waals surface area contributed by atoms with E-state index in [4.69, 9.17) is 16.0 Å². The molecule has 1 fully saturated rings. The van der Waals surface area contributed by atoms with Crippen LogP contribution in [0.1, 0.15) is 25.3 Å². The second kappa shape index (κ2) is 5.99. The zero-order valence-corrected chi connectivity index (χ0v) is 13.5. The lowest BCUT2D eigenvalue weighted by atomic mass is 9.80. The summed E-state index contributed by atoms with van der Waals surface area (Å²) in [6.45, 7) is 6.54. The van der Waals surface area contributed by atoms with Crippen molar-refractivity contribution < 1.29 is 4.42 Å². The molecule has 0 saturated carbocycles. The van der Waals surface area contributed by atoms with Crippen LogP contribution >= 0.6 is 11.6 Å². The fraction of sp³-hybridized carbons (Fsp3) is 0.529. The largest absolute Gasteiger partial charge is 0.444 e. The third-order valence-electron chi connectivity index (χ3n) is 4.70. The van der Waals surface area contributed by atoms with Gasteiger partial charge >= 0.3 is 0 Å². The summed E-state index contributed by atoms with van der Waals surface area (Å²) in [7, 11) is 2.20. The van der Waals surface area contributed by atoms with Crippen LogP contribution in [-0.4, -0.2) is 31.6 Å². The maximum atomic E-state index is 6.23. The first kappa shape index (κ1) is 14.9. The summed E-state index contributed by atoms with van der Waals surface area (Å²) in [6, 6.07) is 8.02. The van der Waals surface area contributed by atoms with Gasteiger partial charge in [-0.3, -0.25) is 0 Å². The standard InChI is InChI=1S/C17H23ClN2O/c1-17(7-9-20(2)10-8-17)12-19-11-14-13-5-3-4-6-15(13)21-16(14)18/h3-6,19H,7-12H2,1-2H3. The molecule has 0 aliphatic carbocycles. The molecule has 2 heterocycles. The molecule has 114 valence electrons. The van der Waals surface area contributed by atoms with Gasteiger partial charge in [-0.2, -0.15) is 0 Å². The average molecular weight is 307 g/mol. The Hall–Kier alpha value is -1.03. The van der Waals surface area contributed by atoms with Crippen molar-refractivity contribution in [2.75, 3.05) is 26.7 Å². The van der Waals surface area contributed by atoms with Crippen molar-refractivity contribution in [3.63, 3.8) is 0 Å². The highest BCUT2D eigenvalue weighted by atomic mass is 35.5. The molecule has 1 aromatic heterocycles. The number of rotatable bonds is 4. The summed E-state index contributed by atoms with van der Waals surface area (Å²) < 4.78 is 5.60. The van der Waals surface area contributed by atoms with Crippen molar-refractivity contribution in [3.8, 4) is 0 Å². The second-order valence-corrected chi connectivity index (χ2v) is 6.91. The smallest absolute Gasteiger partial charge is 0.199 e. The number of piperidine rings is 1. The highest BCUT2D eigenvalue weighted by Gasteiger charge is 2.28. The molecule has 0 spiro atoms. The van der Waals surface area contributed by atoms with E-state index < -0.39 is 0 Å². The number of hydrogen-bond donors (Lipinski definition) is 1. The lowest BCUT2D eigenvalue weighted by Gasteiger charge is -2.38. The van der Waals surface area contributed by atoms with Gasteiger partial charge in [0.2, 0.25) is 0 Å².